The fraction of sp³-hybridized carbons (Fsp3) is 0.188. The van der Waals surface area contributed by atoms with Gasteiger partial charge in [-0.15, -0.1) is 0 Å². The first-order valence-corrected chi connectivity index (χ1v) is 7.12. The first-order valence-electron chi connectivity index (χ1n) is 6.33. The number of halogens is 1. The van der Waals surface area contributed by atoms with Crippen LogP contribution in [-0.2, 0) is 0 Å². The highest BCUT2D eigenvalue weighted by atomic mass is 79.9. The second-order valence-corrected chi connectivity index (χ2v) is 5.63. The van der Waals surface area contributed by atoms with Crippen LogP contribution in [0.15, 0.2) is 46.9 Å². The molecule has 0 aliphatic heterocycles. The molecule has 2 aromatic carbocycles. The predicted molar refractivity (Wildman–Crippen MR) is 87.6 cm³/mol. The summed E-state index contributed by atoms with van der Waals surface area (Å²) < 4.78 is 0.914. The van der Waals surface area contributed by atoms with E-state index in [9.17, 15) is 4.79 Å². The van der Waals surface area contributed by atoms with E-state index >= 15 is 0 Å². The van der Waals surface area contributed by atoms with Crippen LogP contribution in [0.1, 0.15) is 15.9 Å². The lowest BCUT2D eigenvalue weighted by molar-refractivity contribution is 0.102. The number of carbonyl (C=O) groups excluding carboxylic acids is 1. The average Bonchev–Trinajstić information content (AvgIpc) is 2.44. The number of amides is 1. The highest BCUT2D eigenvalue weighted by Gasteiger charge is 2.10. The van der Waals surface area contributed by atoms with Crippen LogP contribution in [0.4, 0.5) is 11.4 Å². The molecular weight excluding hydrogens is 316 g/mol. The summed E-state index contributed by atoms with van der Waals surface area (Å²) in [7, 11) is 3.91. The lowest BCUT2D eigenvalue weighted by Gasteiger charge is -2.14. The van der Waals surface area contributed by atoms with Gasteiger partial charge in [0, 0.05) is 29.8 Å². The van der Waals surface area contributed by atoms with Crippen LogP contribution in [0.3, 0.4) is 0 Å². The van der Waals surface area contributed by atoms with Gasteiger partial charge in [0.05, 0.1) is 5.69 Å². The van der Waals surface area contributed by atoms with Crippen molar-refractivity contribution in [3.63, 3.8) is 0 Å². The zero-order valence-corrected chi connectivity index (χ0v) is 13.4. The Bertz CT molecular complexity index is 638. The first kappa shape index (κ1) is 14.6. The Labute approximate surface area is 127 Å². The second-order valence-electron chi connectivity index (χ2n) is 4.84. The maximum Gasteiger partial charge on any atom is 0.255 e. The zero-order chi connectivity index (χ0) is 14.7. The Morgan fingerprint density at radius 1 is 1.15 bits per heavy atom. The number of hydrogen-bond donors (Lipinski definition) is 1. The Balaban J connectivity index is 2.24. The second kappa shape index (κ2) is 6.09. The van der Waals surface area contributed by atoms with Gasteiger partial charge in [-0.2, -0.15) is 0 Å². The minimum Gasteiger partial charge on any atom is -0.378 e. The standard InChI is InChI=1S/C16H17BrN2O/c1-11-6-4-9-14(15(11)17)18-16(20)12-7-5-8-13(10-12)19(2)3/h4-10H,1-3H3,(H,18,20). The summed E-state index contributed by atoms with van der Waals surface area (Å²) in [4.78, 5) is 14.3. The Morgan fingerprint density at radius 2 is 1.85 bits per heavy atom. The van der Waals surface area contributed by atoms with Crippen molar-refractivity contribution in [2.24, 2.45) is 0 Å². The first-order chi connectivity index (χ1) is 9.49. The minimum absolute atomic E-state index is 0.111. The highest BCUT2D eigenvalue weighted by Crippen LogP contribution is 2.26. The van der Waals surface area contributed by atoms with Crippen LogP contribution in [0.25, 0.3) is 0 Å². The van der Waals surface area contributed by atoms with Gasteiger partial charge >= 0.3 is 0 Å². The van der Waals surface area contributed by atoms with E-state index in [1.807, 2.05) is 68.4 Å². The normalized spacial score (nSPS) is 10.2. The van der Waals surface area contributed by atoms with Gasteiger partial charge in [0.1, 0.15) is 0 Å². The van der Waals surface area contributed by atoms with Crippen molar-refractivity contribution in [2.45, 2.75) is 6.92 Å². The fourth-order valence-electron chi connectivity index (χ4n) is 1.86. The molecule has 0 heterocycles. The van der Waals surface area contributed by atoms with Crippen molar-refractivity contribution >= 4 is 33.2 Å². The summed E-state index contributed by atoms with van der Waals surface area (Å²) in [6.07, 6.45) is 0. The van der Waals surface area contributed by atoms with Gasteiger partial charge in [-0.1, -0.05) is 18.2 Å². The largest absolute Gasteiger partial charge is 0.378 e. The van der Waals surface area contributed by atoms with Crippen molar-refractivity contribution in [2.75, 3.05) is 24.3 Å². The van der Waals surface area contributed by atoms with E-state index in [2.05, 4.69) is 21.2 Å². The number of nitrogens with one attached hydrogen (secondary N) is 1. The molecule has 0 saturated carbocycles. The summed E-state index contributed by atoms with van der Waals surface area (Å²) in [5.41, 5.74) is 3.51. The number of carbonyl (C=O) groups is 1. The van der Waals surface area contributed by atoms with Crippen LogP contribution in [-0.4, -0.2) is 20.0 Å². The lowest BCUT2D eigenvalue weighted by Crippen LogP contribution is -2.14. The van der Waals surface area contributed by atoms with Crippen molar-refractivity contribution in [3.8, 4) is 0 Å². The van der Waals surface area contributed by atoms with E-state index in [1.165, 1.54) is 0 Å². The highest BCUT2D eigenvalue weighted by molar-refractivity contribution is 9.10. The fourth-order valence-corrected chi connectivity index (χ4v) is 2.23. The van der Waals surface area contributed by atoms with Crippen molar-refractivity contribution in [1.82, 2.24) is 0 Å². The van der Waals surface area contributed by atoms with E-state index < -0.39 is 0 Å². The molecule has 0 fully saturated rings. The number of anilines is 2. The molecule has 20 heavy (non-hydrogen) atoms. The molecule has 0 radical (unpaired) electrons. The molecule has 2 rings (SSSR count). The van der Waals surface area contributed by atoms with E-state index in [0.29, 0.717) is 5.56 Å². The zero-order valence-electron chi connectivity index (χ0n) is 11.8. The molecule has 3 nitrogen and oxygen atoms in total. The molecule has 0 aliphatic rings. The van der Waals surface area contributed by atoms with Gasteiger partial charge in [-0.05, 0) is 52.7 Å². The number of rotatable bonds is 3. The molecule has 4 heteroatoms. The van der Waals surface area contributed by atoms with Crippen molar-refractivity contribution < 1.29 is 4.79 Å². The smallest absolute Gasteiger partial charge is 0.255 e. The molecule has 0 bridgehead atoms. The molecular formula is C16H17BrN2O. The van der Waals surface area contributed by atoms with E-state index in [4.69, 9.17) is 0 Å². The number of benzene rings is 2. The Kier molecular flexibility index (Phi) is 4.45. The molecule has 104 valence electrons. The average molecular weight is 333 g/mol. The van der Waals surface area contributed by atoms with Crippen molar-refractivity contribution in [1.29, 1.82) is 0 Å². The van der Waals surface area contributed by atoms with Gasteiger partial charge in [0.25, 0.3) is 5.91 Å². The SMILES string of the molecule is Cc1cccc(NC(=O)c2cccc(N(C)C)c2)c1Br. The molecule has 0 spiro atoms. The molecule has 1 amide bonds. The maximum absolute atomic E-state index is 12.3. The quantitative estimate of drug-likeness (QED) is 0.918. The van der Waals surface area contributed by atoms with E-state index in [1.54, 1.807) is 0 Å². The third-order valence-corrected chi connectivity index (χ3v) is 4.12. The molecule has 2 aromatic rings. The summed E-state index contributed by atoms with van der Waals surface area (Å²) >= 11 is 3.50. The molecule has 0 saturated heterocycles. The molecule has 0 aliphatic carbocycles. The molecule has 0 unspecified atom stereocenters. The minimum atomic E-state index is -0.111. The summed E-state index contributed by atoms with van der Waals surface area (Å²) in [5, 5.41) is 2.93. The van der Waals surface area contributed by atoms with Crippen LogP contribution in [0.2, 0.25) is 0 Å². The number of hydrogen-bond acceptors (Lipinski definition) is 2. The molecule has 1 N–H and O–H groups in total. The Hall–Kier alpha value is -1.81. The third-order valence-electron chi connectivity index (χ3n) is 3.06. The van der Waals surface area contributed by atoms with Crippen LogP contribution in [0.5, 0.6) is 0 Å². The van der Waals surface area contributed by atoms with E-state index in [0.717, 1.165) is 21.4 Å². The predicted octanol–water partition coefficient (Wildman–Crippen LogP) is 4.08. The third kappa shape index (κ3) is 3.20. The maximum atomic E-state index is 12.3. The summed E-state index contributed by atoms with van der Waals surface area (Å²) in [6.45, 7) is 1.99. The Morgan fingerprint density at radius 3 is 2.55 bits per heavy atom. The number of aryl methyl sites for hydroxylation is 1. The van der Waals surface area contributed by atoms with E-state index in [-0.39, 0.29) is 5.91 Å². The van der Waals surface area contributed by atoms with Crippen LogP contribution >= 0.6 is 15.9 Å². The van der Waals surface area contributed by atoms with Gasteiger partial charge in [-0.3, -0.25) is 4.79 Å². The summed E-state index contributed by atoms with van der Waals surface area (Å²) in [5.74, 6) is -0.111. The van der Waals surface area contributed by atoms with Crippen LogP contribution < -0.4 is 10.2 Å². The van der Waals surface area contributed by atoms with Gasteiger partial charge < -0.3 is 10.2 Å². The van der Waals surface area contributed by atoms with Crippen molar-refractivity contribution in [3.05, 3.63) is 58.1 Å². The lowest BCUT2D eigenvalue weighted by atomic mass is 10.1. The molecule has 0 aromatic heterocycles. The van der Waals surface area contributed by atoms with Gasteiger partial charge in [0.15, 0.2) is 0 Å². The molecule has 0 atom stereocenters. The van der Waals surface area contributed by atoms with Gasteiger partial charge in [0.2, 0.25) is 0 Å². The van der Waals surface area contributed by atoms with Gasteiger partial charge in [-0.25, -0.2) is 0 Å². The monoisotopic (exact) mass is 332 g/mol. The summed E-state index contributed by atoms with van der Waals surface area (Å²) in [6, 6.07) is 13.3. The topological polar surface area (TPSA) is 32.3 Å². The number of nitrogens with zero attached hydrogens (tertiary/aromatic N) is 1. The van der Waals surface area contributed by atoms with Crippen LogP contribution in [0, 0.1) is 6.92 Å².